The molecule has 16 heavy (non-hydrogen) atoms. The molecular formula is C9H11O6P. The number of phenols is 1. The normalized spacial score (nSPS) is 11.1. The van der Waals surface area contributed by atoms with Crippen LogP contribution in [0.5, 0.6) is 5.75 Å². The zero-order valence-electron chi connectivity index (χ0n) is 8.24. The number of hydrogen-bond donors (Lipinski definition) is 3. The van der Waals surface area contributed by atoms with Crippen molar-refractivity contribution >= 4 is 13.6 Å². The standard InChI is InChI=1S/C9H11O6P/c10-8-4-2-1-3-7(8)9(11)15-5-6-16(12,13)14/h1-4,10H,5-6H2,(H2,12,13,14). The minimum absolute atomic E-state index is 0.0341. The molecule has 1 aromatic rings. The first-order valence-electron chi connectivity index (χ1n) is 4.40. The van der Waals surface area contributed by atoms with Gasteiger partial charge in [-0.25, -0.2) is 4.79 Å². The number of benzene rings is 1. The molecule has 0 aliphatic heterocycles. The second-order valence-corrected chi connectivity index (χ2v) is 4.82. The molecule has 0 aliphatic carbocycles. The van der Waals surface area contributed by atoms with Gasteiger partial charge in [-0.2, -0.15) is 0 Å². The number of esters is 1. The van der Waals surface area contributed by atoms with Crippen LogP contribution in [0.4, 0.5) is 0 Å². The second kappa shape index (κ2) is 5.12. The Bertz CT molecular complexity index is 424. The van der Waals surface area contributed by atoms with E-state index in [1.165, 1.54) is 12.1 Å². The molecule has 1 rings (SSSR count). The first-order valence-corrected chi connectivity index (χ1v) is 6.19. The molecule has 0 radical (unpaired) electrons. The van der Waals surface area contributed by atoms with E-state index in [1.807, 2.05) is 0 Å². The Morgan fingerprint density at radius 2 is 1.94 bits per heavy atom. The van der Waals surface area contributed by atoms with Crippen LogP contribution in [-0.4, -0.2) is 33.6 Å². The molecule has 0 aromatic heterocycles. The Morgan fingerprint density at radius 3 is 2.50 bits per heavy atom. The number of carbonyl (C=O) groups is 1. The minimum Gasteiger partial charge on any atom is -0.507 e. The maximum atomic E-state index is 11.3. The number of aromatic hydroxyl groups is 1. The van der Waals surface area contributed by atoms with Gasteiger partial charge in [0.15, 0.2) is 0 Å². The van der Waals surface area contributed by atoms with Gasteiger partial charge >= 0.3 is 13.6 Å². The number of carbonyl (C=O) groups excluding carboxylic acids is 1. The average Bonchev–Trinajstić information content (AvgIpc) is 2.16. The predicted molar refractivity (Wildman–Crippen MR) is 55.3 cm³/mol. The number of hydrogen-bond acceptors (Lipinski definition) is 4. The third kappa shape index (κ3) is 4.02. The monoisotopic (exact) mass is 246 g/mol. The van der Waals surface area contributed by atoms with Crippen molar-refractivity contribution in [2.75, 3.05) is 12.8 Å². The third-order valence-corrected chi connectivity index (χ3v) is 2.50. The molecule has 6 nitrogen and oxygen atoms in total. The molecule has 0 amide bonds. The highest BCUT2D eigenvalue weighted by Crippen LogP contribution is 2.33. The summed E-state index contributed by atoms with van der Waals surface area (Å²) in [7, 11) is -4.17. The summed E-state index contributed by atoms with van der Waals surface area (Å²) in [6, 6.07) is 5.76. The van der Waals surface area contributed by atoms with E-state index in [2.05, 4.69) is 4.74 Å². The lowest BCUT2D eigenvalue weighted by atomic mass is 10.2. The summed E-state index contributed by atoms with van der Waals surface area (Å²) in [4.78, 5) is 28.4. The summed E-state index contributed by atoms with van der Waals surface area (Å²) in [6.45, 7) is -0.391. The van der Waals surface area contributed by atoms with Crippen molar-refractivity contribution in [1.29, 1.82) is 0 Å². The van der Waals surface area contributed by atoms with Gasteiger partial charge in [-0.05, 0) is 12.1 Å². The van der Waals surface area contributed by atoms with E-state index in [1.54, 1.807) is 12.1 Å². The lowest BCUT2D eigenvalue weighted by Gasteiger charge is -2.06. The van der Waals surface area contributed by atoms with Crippen molar-refractivity contribution in [2.45, 2.75) is 0 Å². The fourth-order valence-electron chi connectivity index (χ4n) is 0.981. The van der Waals surface area contributed by atoms with E-state index in [9.17, 15) is 14.5 Å². The van der Waals surface area contributed by atoms with Gasteiger partial charge in [-0.15, -0.1) is 0 Å². The maximum absolute atomic E-state index is 11.3. The Hall–Kier alpha value is -1.36. The summed E-state index contributed by atoms with van der Waals surface area (Å²) in [5, 5.41) is 9.29. The highest BCUT2D eigenvalue weighted by molar-refractivity contribution is 7.51. The highest BCUT2D eigenvalue weighted by Gasteiger charge is 2.16. The van der Waals surface area contributed by atoms with Crippen LogP contribution in [0.15, 0.2) is 24.3 Å². The van der Waals surface area contributed by atoms with E-state index >= 15 is 0 Å². The first kappa shape index (κ1) is 12.7. The number of phenolic OH excluding ortho intramolecular Hbond substituents is 1. The van der Waals surface area contributed by atoms with Gasteiger partial charge in [0.25, 0.3) is 0 Å². The van der Waals surface area contributed by atoms with Crippen LogP contribution < -0.4 is 0 Å². The van der Waals surface area contributed by atoms with Gasteiger partial charge in [0.05, 0.1) is 6.16 Å². The van der Waals surface area contributed by atoms with E-state index in [-0.39, 0.29) is 11.3 Å². The molecule has 0 saturated carbocycles. The van der Waals surface area contributed by atoms with Crippen molar-refractivity contribution in [1.82, 2.24) is 0 Å². The van der Waals surface area contributed by atoms with Crippen molar-refractivity contribution < 1.29 is 29.0 Å². The third-order valence-electron chi connectivity index (χ3n) is 1.74. The molecule has 3 N–H and O–H groups in total. The van der Waals surface area contributed by atoms with Crippen LogP contribution >= 0.6 is 7.60 Å². The van der Waals surface area contributed by atoms with E-state index < -0.39 is 26.3 Å². The fraction of sp³-hybridized carbons (Fsp3) is 0.222. The Balaban J connectivity index is 2.54. The van der Waals surface area contributed by atoms with E-state index in [0.29, 0.717) is 0 Å². The Labute approximate surface area is 91.6 Å². The molecule has 0 atom stereocenters. The lowest BCUT2D eigenvalue weighted by molar-refractivity contribution is 0.0522. The zero-order chi connectivity index (χ0) is 12.2. The number of ether oxygens (including phenoxy) is 1. The minimum atomic E-state index is -4.17. The van der Waals surface area contributed by atoms with Gasteiger partial charge in [0.2, 0.25) is 0 Å². The van der Waals surface area contributed by atoms with Crippen molar-refractivity contribution in [3.8, 4) is 5.75 Å². The van der Waals surface area contributed by atoms with Crippen LogP contribution in [0.1, 0.15) is 10.4 Å². The summed E-state index contributed by atoms with van der Waals surface area (Å²) >= 11 is 0. The average molecular weight is 246 g/mol. The zero-order valence-corrected chi connectivity index (χ0v) is 9.13. The largest absolute Gasteiger partial charge is 0.507 e. The van der Waals surface area contributed by atoms with Gasteiger partial charge in [0.1, 0.15) is 17.9 Å². The van der Waals surface area contributed by atoms with Crippen LogP contribution in [0.25, 0.3) is 0 Å². The molecule has 0 saturated heterocycles. The predicted octanol–water partition coefficient (Wildman–Crippen LogP) is 0.727. The van der Waals surface area contributed by atoms with E-state index in [4.69, 9.17) is 9.79 Å². The Morgan fingerprint density at radius 1 is 1.31 bits per heavy atom. The van der Waals surface area contributed by atoms with Crippen LogP contribution in [0, 0.1) is 0 Å². The van der Waals surface area contributed by atoms with E-state index in [0.717, 1.165) is 0 Å². The molecule has 0 bridgehead atoms. The SMILES string of the molecule is O=C(OCCP(=O)(O)O)c1ccccc1O. The first-order chi connectivity index (χ1) is 7.40. The molecule has 0 fully saturated rings. The topological polar surface area (TPSA) is 104 Å². The lowest BCUT2D eigenvalue weighted by Crippen LogP contribution is -2.09. The molecule has 7 heteroatoms. The molecule has 0 unspecified atom stereocenters. The quantitative estimate of drug-likeness (QED) is 0.534. The molecule has 88 valence electrons. The van der Waals surface area contributed by atoms with Gasteiger partial charge in [-0.3, -0.25) is 4.57 Å². The summed E-state index contributed by atoms with van der Waals surface area (Å²) < 4.78 is 15.1. The number of para-hydroxylation sites is 1. The van der Waals surface area contributed by atoms with Gasteiger partial charge < -0.3 is 19.6 Å². The van der Waals surface area contributed by atoms with Gasteiger partial charge in [-0.1, -0.05) is 12.1 Å². The maximum Gasteiger partial charge on any atom is 0.341 e. The van der Waals surface area contributed by atoms with Crippen LogP contribution in [0.3, 0.4) is 0 Å². The Kier molecular flexibility index (Phi) is 4.06. The molecule has 0 aliphatic rings. The van der Waals surface area contributed by atoms with Crippen molar-refractivity contribution in [2.24, 2.45) is 0 Å². The summed E-state index contributed by atoms with van der Waals surface area (Å²) in [6.07, 6.45) is -0.535. The van der Waals surface area contributed by atoms with Crippen molar-refractivity contribution in [3.05, 3.63) is 29.8 Å². The number of rotatable bonds is 4. The fourth-order valence-corrected chi connectivity index (χ4v) is 1.31. The van der Waals surface area contributed by atoms with Crippen molar-refractivity contribution in [3.63, 3.8) is 0 Å². The molecular weight excluding hydrogens is 235 g/mol. The van der Waals surface area contributed by atoms with Crippen LogP contribution in [0.2, 0.25) is 0 Å². The second-order valence-electron chi connectivity index (χ2n) is 3.04. The highest BCUT2D eigenvalue weighted by atomic mass is 31.2. The molecule has 0 heterocycles. The van der Waals surface area contributed by atoms with Gasteiger partial charge in [0, 0.05) is 0 Å². The summed E-state index contributed by atoms with van der Waals surface area (Å²) in [5.41, 5.74) is -0.0341. The van der Waals surface area contributed by atoms with Crippen LogP contribution in [-0.2, 0) is 9.30 Å². The smallest absolute Gasteiger partial charge is 0.341 e. The molecule has 1 aromatic carbocycles. The molecule has 0 spiro atoms. The summed E-state index contributed by atoms with van der Waals surface area (Å²) in [5.74, 6) is -1.05.